The van der Waals surface area contributed by atoms with Gasteiger partial charge in [-0.1, -0.05) is 29.8 Å². The topological polar surface area (TPSA) is 55.4 Å². The average molecular weight is 325 g/mol. The zero-order valence-electron chi connectivity index (χ0n) is 14.4. The highest BCUT2D eigenvalue weighted by Crippen LogP contribution is 2.19. The molecule has 0 aliphatic heterocycles. The van der Waals surface area contributed by atoms with Crippen LogP contribution in [0.3, 0.4) is 0 Å². The van der Waals surface area contributed by atoms with Gasteiger partial charge in [-0.15, -0.1) is 0 Å². The molecule has 24 heavy (non-hydrogen) atoms. The lowest BCUT2D eigenvalue weighted by molar-refractivity contribution is -0.116. The first kappa shape index (κ1) is 17.7. The predicted octanol–water partition coefficient (Wildman–Crippen LogP) is 4.30. The third-order valence-corrected chi connectivity index (χ3v) is 3.69. The molecule has 4 nitrogen and oxygen atoms in total. The Morgan fingerprint density at radius 1 is 1.08 bits per heavy atom. The van der Waals surface area contributed by atoms with Crippen LogP contribution in [0.5, 0.6) is 5.75 Å². The van der Waals surface area contributed by atoms with E-state index in [4.69, 9.17) is 4.74 Å². The molecule has 0 radical (unpaired) electrons. The first-order valence-electron chi connectivity index (χ1n) is 8.06. The van der Waals surface area contributed by atoms with Crippen LogP contribution >= 0.6 is 0 Å². The van der Waals surface area contributed by atoms with Crippen LogP contribution in [0.1, 0.15) is 41.3 Å². The standard InChI is InChI=1S/C20H23NO3/c1-14-9-10-19(15(2)12-14)24-11-5-8-20(23)21-18-7-4-6-17(13-18)16(3)22/h4,6-7,9-10,12-13H,5,8,11H2,1-3H3,(H,21,23). The molecule has 0 bridgehead atoms. The number of Topliss-reactive ketones (excluding diaryl/α,β-unsaturated/α-hetero) is 1. The van der Waals surface area contributed by atoms with Gasteiger partial charge in [0.2, 0.25) is 5.91 Å². The Kier molecular flexibility index (Phi) is 6.13. The molecule has 2 rings (SSSR count). The predicted molar refractivity (Wildman–Crippen MR) is 95.7 cm³/mol. The van der Waals surface area contributed by atoms with Crippen LogP contribution in [0.25, 0.3) is 0 Å². The maximum Gasteiger partial charge on any atom is 0.224 e. The van der Waals surface area contributed by atoms with Gasteiger partial charge in [0.15, 0.2) is 5.78 Å². The Balaban J connectivity index is 1.77. The first-order chi connectivity index (χ1) is 11.5. The Bertz CT molecular complexity index is 737. The molecule has 2 aromatic rings. The summed E-state index contributed by atoms with van der Waals surface area (Å²) in [7, 11) is 0. The lowest BCUT2D eigenvalue weighted by Crippen LogP contribution is -2.13. The van der Waals surface area contributed by atoms with Gasteiger partial charge in [-0.25, -0.2) is 0 Å². The molecule has 1 N–H and O–H groups in total. The molecule has 0 saturated heterocycles. The third kappa shape index (κ3) is 5.23. The molecule has 1 amide bonds. The van der Waals surface area contributed by atoms with Crippen molar-refractivity contribution in [1.82, 2.24) is 0 Å². The number of rotatable bonds is 7. The van der Waals surface area contributed by atoms with Crippen molar-refractivity contribution < 1.29 is 14.3 Å². The van der Waals surface area contributed by atoms with Gasteiger partial charge >= 0.3 is 0 Å². The molecule has 0 heterocycles. The van der Waals surface area contributed by atoms with Crippen molar-refractivity contribution in [3.05, 3.63) is 59.2 Å². The summed E-state index contributed by atoms with van der Waals surface area (Å²) >= 11 is 0. The fourth-order valence-electron chi connectivity index (χ4n) is 2.42. The van der Waals surface area contributed by atoms with Crippen molar-refractivity contribution in [2.24, 2.45) is 0 Å². The minimum absolute atomic E-state index is 0.0204. The lowest BCUT2D eigenvalue weighted by Gasteiger charge is -2.10. The number of ether oxygens (including phenoxy) is 1. The molecule has 2 aromatic carbocycles. The van der Waals surface area contributed by atoms with Crippen LogP contribution in [0.2, 0.25) is 0 Å². The normalized spacial score (nSPS) is 10.3. The largest absolute Gasteiger partial charge is 0.493 e. The molecule has 0 atom stereocenters. The van der Waals surface area contributed by atoms with Gasteiger partial charge < -0.3 is 10.1 Å². The Hall–Kier alpha value is -2.62. The summed E-state index contributed by atoms with van der Waals surface area (Å²) in [6.07, 6.45) is 1.00. The SMILES string of the molecule is CC(=O)c1cccc(NC(=O)CCCOc2ccc(C)cc2C)c1. The van der Waals surface area contributed by atoms with Crippen LogP contribution in [0, 0.1) is 13.8 Å². The number of hydrogen-bond acceptors (Lipinski definition) is 3. The second kappa shape index (κ2) is 8.29. The summed E-state index contributed by atoms with van der Waals surface area (Å²) in [4.78, 5) is 23.3. The van der Waals surface area contributed by atoms with E-state index >= 15 is 0 Å². The second-order valence-corrected chi connectivity index (χ2v) is 5.91. The number of carbonyl (C=O) groups is 2. The van der Waals surface area contributed by atoms with Gasteiger partial charge in [-0.3, -0.25) is 9.59 Å². The van der Waals surface area contributed by atoms with E-state index in [1.807, 2.05) is 26.0 Å². The monoisotopic (exact) mass is 325 g/mol. The minimum atomic E-state index is -0.0834. The number of amides is 1. The van der Waals surface area contributed by atoms with Crippen LogP contribution in [-0.4, -0.2) is 18.3 Å². The first-order valence-corrected chi connectivity index (χ1v) is 8.06. The van der Waals surface area contributed by atoms with Gasteiger partial charge in [0.25, 0.3) is 0 Å². The number of carbonyl (C=O) groups excluding carboxylic acids is 2. The van der Waals surface area contributed by atoms with E-state index in [9.17, 15) is 9.59 Å². The third-order valence-electron chi connectivity index (χ3n) is 3.69. The van der Waals surface area contributed by atoms with Crippen molar-refractivity contribution in [3.8, 4) is 5.75 Å². The number of ketones is 1. The van der Waals surface area contributed by atoms with Crippen molar-refractivity contribution in [2.75, 3.05) is 11.9 Å². The van der Waals surface area contributed by atoms with Gasteiger partial charge in [0.05, 0.1) is 6.61 Å². The highest BCUT2D eigenvalue weighted by Gasteiger charge is 2.06. The summed E-state index contributed by atoms with van der Waals surface area (Å²) < 4.78 is 5.72. The smallest absolute Gasteiger partial charge is 0.224 e. The van der Waals surface area contributed by atoms with Crippen LogP contribution in [-0.2, 0) is 4.79 Å². The number of hydrogen-bond donors (Lipinski definition) is 1. The molecule has 0 unspecified atom stereocenters. The zero-order valence-corrected chi connectivity index (χ0v) is 14.4. The van der Waals surface area contributed by atoms with E-state index in [1.54, 1.807) is 24.3 Å². The average Bonchev–Trinajstić information content (AvgIpc) is 2.53. The lowest BCUT2D eigenvalue weighted by atomic mass is 10.1. The van der Waals surface area contributed by atoms with Crippen molar-refractivity contribution >= 4 is 17.4 Å². The number of nitrogens with one attached hydrogen (secondary N) is 1. The van der Waals surface area contributed by atoms with Crippen molar-refractivity contribution in [3.63, 3.8) is 0 Å². The van der Waals surface area contributed by atoms with Gasteiger partial charge in [-0.05, 0) is 51.0 Å². The molecule has 0 aliphatic rings. The molecule has 0 saturated carbocycles. The van der Waals surface area contributed by atoms with Crippen molar-refractivity contribution in [2.45, 2.75) is 33.6 Å². The van der Waals surface area contributed by atoms with Gasteiger partial charge in [-0.2, -0.15) is 0 Å². The quantitative estimate of drug-likeness (QED) is 0.610. The molecule has 0 spiro atoms. The minimum Gasteiger partial charge on any atom is -0.493 e. The molecular weight excluding hydrogens is 302 g/mol. The summed E-state index contributed by atoms with van der Waals surface area (Å²) in [5.74, 6) is 0.753. The molecule has 0 aliphatic carbocycles. The van der Waals surface area contributed by atoms with Crippen LogP contribution in [0.4, 0.5) is 5.69 Å². The van der Waals surface area contributed by atoms with Gasteiger partial charge in [0.1, 0.15) is 5.75 Å². The maximum absolute atomic E-state index is 12.0. The summed E-state index contributed by atoms with van der Waals surface area (Å²) in [6.45, 7) is 6.05. The molecule has 0 fully saturated rings. The Labute approximate surface area is 142 Å². The summed E-state index contributed by atoms with van der Waals surface area (Å²) in [6, 6.07) is 13.0. The number of benzene rings is 2. The molecular formula is C20H23NO3. The maximum atomic E-state index is 12.0. The number of anilines is 1. The summed E-state index contributed by atoms with van der Waals surface area (Å²) in [5.41, 5.74) is 3.53. The van der Waals surface area contributed by atoms with E-state index < -0.39 is 0 Å². The van der Waals surface area contributed by atoms with E-state index in [1.165, 1.54) is 12.5 Å². The molecule has 4 heteroatoms. The fourth-order valence-corrected chi connectivity index (χ4v) is 2.42. The van der Waals surface area contributed by atoms with Crippen LogP contribution < -0.4 is 10.1 Å². The Morgan fingerprint density at radius 3 is 2.58 bits per heavy atom. The number of aryl methyl sites for hydroxylation is 2. The van der Waals surface area contributed by atoms with E-state index in [0.29, 0.717) is 30.7 Å². The van der Waals surface area contributed by atoms with E-state index in [0.717, 1.165) is 11.3 Å². The Morgan fingerprint density at radius 2 is 1.88 bits per heavy atom. The highest BCUT2D eigenvalue weighted by atomic mass is 16.5. The van der Waals surface area contributed by atoms with Crippen molar-refractivity contribution in [1.29, 1.82) is 0 Å². The van der Waals surface area contributed by atoms with E-state index in [2.05, 4.69) is 11.4 Å². The van der Waals surface area contributed by atoms with Gasteiger partial charge in [0, 0.05) is 17.7 Å². The zero-order chi connectivity index (χ0) is 17.5. The highest BCUT2D eigenvalue weighted by molar-refractivity contribution is 5.97. The summed E-state index contributed by atoms with van der Waals surface area (Å²) in [5, 5.41) is 2.81. The fraction of sp³-hybridized carbons (Fsp3) is 0.300. The molecule has 126 valence electrons. The van der Waals surface area contributed by atoms with E-state index in [-0.39, 0.29) is 11.7 Å². The second-order valence-electron chi connectivity index (χ2n) is 5.91. The molecule has 0 aromatic heterocycles. The van der Waals surface area contributed by atoms with Crippen LogP contribution in [0.15, 0.2) is 42.5 Å².